The highest BCUT2D eigenvalue weighted by Gasteiger charge is 2.45. The Hall–Kier alpha value is -1.70. The molecule has 0 N–H and O–H groups in total. The highest BCUT2D eigenvalue weighted by molar-refractivity contribution is 7.95. The van der Waals surface area contributed by atoms with Crippen LogP contribution in [0.2, 0.25) is 0 Å². The van der Waals surface area contributed by atoms with E-state index in [9.17, 15) is 0 Å². The molecule has 0 amide bonds. The molecule has 0 unspecified atom stereocenters. The first kappa shape index (κ1) is 20.6. The summed E-state index contributed by atoms with van der Waals surface area (Å²) >= 11 is 0. The lowest BCUT2D eigenvalue weighted by Crippen LogP contribution is -3.00. The Labute approximate surface area is 162 Å². The van der Waals surface area contributed by atoms with Crippen molar-refractivity contribution in [3.63, 3.8) is 0 Å². The van der Waals surface area contributed by atoms with E-state index in [4.69, 9.17) is 9.47 Å². The zero-order valence-corrected chi connectivity index (χ0v) is 16.6. The number of hydrogen-bond donors (Lipinski definition) is 0. The lowest BCUT2D eigenvalue weighted by molar-refractivity contribution is -0.00000542. The summed E-state index contributed by atoms with van der Waals surface area (Å²) in [5.41, 5.74) is 0. The van der Waals surface area contributed by atoms with Gasteiger partial charge in [0.2, 0.25) is 0 Å². The van der Waals surface area contributed by atoms with Crippen LogP contribution in [0.1, 0.15) is 0 Å². The fourth-order valence-corrected chi connectivity index (χ4v) is 6.85. The third-order valence-corrected chi connectivity index (χ3v) is 8.42. The lowest BCUT2D eigenvalue weighted by atomic mass is 10.4. The van der Waals surface area contributed by atoms with Crippen molar-refractivity contribution < 1.29 is 21.9 Å². The van der Waals surface area contributed by atoms with E-state index < -0.39 is 7.26 Å². The van der Waals surface area contributed by atoms with Crippen molar-refractivity contribution in [1.82, 2.24) is 0 Å². The first-order valence-electron chi connectivity index (χ1n) is 8.49. The summed E-state index contributed by atoms with van der Waals surface area (Å²) in [4.78, 5) is 0. The van der Waals surface area contributed by atoms with E-state index in [1.807, 2.05) is 0 Å². The van der Waals surface area contributed by atoms with Gasteiger partial charge in [-0.05, 0) is 36.4 Å². The molecule has 3 aromatic rings. The summed E-state index contributed by atoms with van der Waals surface area (Å²) in [6.45, 7) is 1.21. The van der Waals surface area contributed by atoms with E-state index >= 15 is 0 Å². The average molecular weight is 387 g/mol. The summed E-state index contributed by atoms with van der Waals surface area (Å²) in [5.74, 6) is 0. The van der Waals surface area contributed by atoms with Crippen LogP contribution in [-0.2, 0) is 9.47 Å². The van der Waals surface area contributed by atoms with Crippen molar-refractivity contribution in [1.29, 1.82) is 0 Å². The third kappa shape index (κ3) is 4.52. The summed E-state index contributed by atoms with van der Waals surface area (Å²) < 4.78 is 11.3. The minimum atomic E-state index is -1.87. The van der Waals surface area contributed by atoms with Gasteiger partial charge in [0, 0.05) is 7.11 Å². The van der Waals surface area contributed by atoms with E-state index in [0.717, 1.165) is 0 Å². The van der Waals surface area contributed by atoms with Gasteiger partial charge in [-0.15, -0.1) is 0 Å². The van der Waals surface area contributed by atoms with Gasteiger partial charge in [-0.3, -0.25) is 0 Å². The third-order valence-electron chi connectivity index (χ3n) is 4.31. The molecule has 0 saturated carbocycles. The first-order chi connectivity index (χ1) is 12.4. The first-order valence-corrected chi connectivity index (χ1v) is 10.5. The monoisotopic (exact) mass is 386 g/mol. The van der Waals surface area contributed by atoms with Crippen LogP contribution in [0.4, 0.5) is 0 Å². The molecule has 0 radical (unpaired) electrons. The zero-order chi connectivity index (χ0) is 17.4. The second-order valence-electron chi connectivity index (χ2n) is 5.85. The van der Waals surface area contributed by atoms with Crippen molar-refractivity contribution in [2.45, 2.75) is 0 Å². The maximum atomic E-state index is 6.13. The highest BCUT2D eigenvalue weighted by atomic mass is 35.5. The van der Waals surface area contributed by atoms with Crippen molar-refractivity contribution >= 4 is 23.2 Å². The van der Waals surface area contributed by atoms with Crippen molar-refractivity contribution in [3.05, 3.63) is 91.0 Å². The molecule has 0 heterocycles. The maximum Gasteiger partial charge on any atom is 0.171 e. The summed E-state index contributed by atoms with van der Waals surface area (Å²) in [7, 11) is -0.166. The van der Waals surface area contributed by atoms with Gasteiger partial charge in [-0.25, -0.2) is 0 Å². The Bertz CT molecular complexity index is 654. The standard InChI is InChI=1S/C22H24O2P.ClH/c1-23-17-18-24-19-25(20-11-5-2-6-12-20,21-13-7-3-8-14-21)22-15-9-4-10-16-22;/h2-16H,17-19H2,1H3;1H/q+1;/p-1. The Morgan fingerprint density at radius 3 is 1.35 bits per heavy atom. The van der Waals surface area contributed by atoms with Crippen LogP contribution in [0.3, 0.4) is 0 Å². The molecule has 0 aromatic heterocycles. The normalized spacial score (nSPS) is 11.0. The quantitative estimate of drug-likeness (QED) is 0.417. The van der Waals surface area contributed by atoms with Gasteiger partial charge in [0.25, 0.3) is 0 Å². The molecule has 0 bridgehead atoms. The molecule has 0 saturated heterocycles. The number of benzene rings is 3. The van der Waals surface area contributed by atoms with Gasteiger partial charge in [-0.1, -0.05) is 54.6 Å². The second-order valence-corrected chi connectivity index (χ2v) is 9.27. The van der Waals surface area contributed by atoms with Crippen LogP contribution in [0.25, 0.3) is 0 Å². The molecule has 0 spiro atoms. The fourth-order valence-electron chi connectivity index (χ4n) is 3.06. The molecule has 0 atom stereocenters. The minimum Gasteiger partial charge on any atom is -1.00 e. The molecule has 3 rings (SSSR count). The molecule has 0 aliphatic carbocycles. The van der Waals surface area contributed by atoms with Gasteiger partial charge in [-0.2, -0.15) is 0 Å². The molecule has 26 heavy (non-hydrogen) atoms. The van der Waals surface area contributed by atoms with Gasteiger partial charge < -0.3 is 21.9 Å². The Kier molecular flexibility index (Phi) is 8.28. The van der Waals surface area contributed by atoms with E-state index in [0.29, 0.717) is 19.6 Å². The van der Waals surface area contributed by atoms with E-state index in [1.165, 1.54) is 15.9 Å². The predicted octanol–water partition coefficient (Wildman–Crippen LogP) is 0.605. The number of halogens is 1. The van der Waals surface area contributed by atoms with Gasteiger partial charge in [0.1, 0.15) is 23.2 Å². The van der Waals surface area contributed by atoms with Gasteiger partial charge in [0.15, 0.2) is 6.35 Å². The zero-order valence-electron chi connectivity index (χ0n) is 14.9. The number of methoxy groups -OCH3 is 1. The van der Waals surface area contributed by atoms with Gasteiger partial charge in [0.05, 0.1) is 13.2 Å². The number of hydrogen-bond acceptors (Lipinski definition) is 2. The van der Waals surface area contributed by atoms with Crippen LogP contribution in [0.5, 0.6) is 0 Å². The number of rotatable bonds is 8. The molecule has 4 heteroatoms. The topological polar surface area (TPSA) is 18.5 Å². The molecular weight excluding hydrogens is 363 g/mol. The van der Waals surface area contributed by atoms with E-state index in [-0.39, 0.29) is 12.4 Å². The molecule has 0 fully saturated rings. The minimum absolute atomic E-state index is 0. The summed E-state index contributed by atoms with van der Waals surface area (Å²) in [5, 5.41) is 4.01. The molecular formula is C22H24ClO2P. The molecule has 0 aliphatic heterocycles. The number of ether oxygens (including phenoxy) is 2. The van der Waals surface area contributed by atoms with Crippen molar-refractivity contribution in [2.24, 2.45) is 0 Å². The largest absolute Gasteiger partial charge is 1.00 e. The Morgan fingerprint density at radius 2 is 1.00 bits per heavy atom. The van der Waals surface area contributed by atoms with Crippen LogP contribution >= 0.6 is 7.26 Å². The summed E-state index contributed by atoms with van der Waals surface area (Å²) in [6.07, 6.45) is 0.675. The van der Waals surface area contributed by atoms with Crippen LogP contribution in [0.15, 0.2) is 91.0 Å². The highest BCUT2D eigenvalue weighted by Crippen LogP contribution is 2.55. The molecule has 2 nitrogen and oxygen atoms in total. The smallest absolute Gasteiger partial charge is 0.171 e. The Morgan fingerprint density at radius 1 is 0.615 bits per heavy atom. The van der Waals surface area contributed by atoms with Crippen LogP contribution in [-0.4, -0.2) is 26.7 Å². The SMILES string of the molecule is COCCOC[P+](c1ccccc1)(c1ccccc1)c1ccccc1.[Cl-]. The van der Waals surface area contributed by atoms with Crippen LogP contribution in [0, 0.1) is 0 Å². The van der Waals surface area contributed by atoms with Gasteiger partial charge >= 0.3 is 0 Å². The molecule has 136 valence electrons. The van der Waals surface area contributed by atoms with E-state index in [1.54, 1.807) is 7.11 Å². The second kappa shape index (κ2) is 10.4. The van der Waals surface area contributed by atoms with Crippen molar-refractivity contribution in [3.8, 4) is 0 Å². The van der Waals surface area contributed by atoms with Crippen molar-refractivity contribution in [2.75, 3.05) is 26.7 Å². The maximum absolute atomic E-state index is 6.13. The van der Waals surface area contributed by atoms with E-state index in [2.05, 4.69) is 91.0 Å². The molecule has 3 aromatic carbocycles. The molecule has 0 aliphatic rings. The predicted molar refractivity (Wildman–Crippen MR) is 108 cm³/mol. The Balaban J connectivity index is 0.00000243. The average Bonchev–Trinajstić information content (AvgIpc) is 2.70. The summed E-state index contributed by atoms with van der Waals surface area (Å²) in [6, 6.07) is 32.3. The van der Waals surface area contributed by atoms with Crippen LogP contribution < -0.4 is 28.3 Å². The lowest BCUT2D eigenvalue weighted by Gasteiger charge is -2.27. The fraction of sp³-hybridized carbons (Fsp3) is 0.182.